The third-order valence-corrected chi connectivity index (χ3v) is 3.22. The van der Waals surface area contributed by atoms with E-state index in [1.165, 1.54) is 24.5 Å². The zero-order valence-electron chi connectivity index (χ0n) is 9.88. The molecule has 0 amide bonds. The molecule has 2 heterocycles. The summed E-state index contributed by atoms with van der Waals surface area (Å²) in [6, 6.07) is 0. The van der Waals surface area contributed by atoms with Crippen molar-refractivity contribution in [3.05, 3.63) is 11.4 Å². The molecular formula is C11H20N4. The van der Waals surface area contributed by atoms with Crippen LogP contribution >= 0.6 is 0 Å². The van der Waals surface area contributed by atoms with E-state index in [1.807, 2.05) is 0 Å². The second-order valence-corrected chi connectivity index (χ2v) is 4.20. The van der Waals surface area contributed by atoms with Gasteiger partial charge in [0.25, 0.3) is 0 Å². The minimum atomic E-state index is 1.12. The van der Waals surface area contributed by atoms with Gasteiger partial charge in [-0.1, -0.05) is 6.92 Å². The molecule has 0 unspecified atom stereocenters. The number of hydrogen-bond donors (Lipinski definition) is 1. The fourth-order valence-electron chi connectivity index (χ4n) is 2.30. The maximum absolute atomic E-state index is 4.25. The van der Waals surface area contributed by atoms with E-state index in [0.717, 1.165) is 25.3 Å². The topological polar surface area (TPSA) is 35.2 Å². The first-order chi connectivity index (χ1) is 7.22. The fraction of sp³-hybridized carbons (Fsp3) is 0.727. The number of H-pyrrole nitrogens is 1. The van der Waals surface area contributed by atoms with Crippen LogP contribution in [0, 0.1) is 13.8 Å². The summed E-state index contributed by atoms with van der Waals surface area (Å²) < 4.78 is 0. The Hall–Kier alpha value is -1.03. The van der Waals surface area contributed by atoms with Crippen molar-refractivity contribution >= 4 is 5.69 Å². The number of aryl methyl sites for hydroxylation is 2. The molecule has 0 bridgehead atoms. The fourth-order valence-corrected chi connectivity index (χ4v) is 2.30. The van der Waals surface area contributed by atoms with Crippen molar-refractivity contribution in [2.75, 3.05) is 37.6 Å². The van der Waals surface area contributed by atoms with E-state index < -0.39 is 0 Å². The molecule has 84 valence electrons. The largest absolute Gasteiger partial charge is 0.366 e. The first-order valence-corrected chi connectivity index (χ1v) is 5.71. The summed E-state index contributed by atoms with van der Waals surface area (Å²) in [5, 5.41) is 7.30. The van der Waals surface area contributed by atoms with Crippen LogP contribution in [0.2, 0.25) is 0 Å². The highest BCUT2D eigenvalue weighted by atomic mass is 15.3. The van der Waals surface area contributed by atoms with Crippen LogP contribution in [-0.4, -0.2) is 47.8 Å². The van der Waals surface area contributed by atoms with E-state index >= 15 is 0 Å². The summed E-state index contributed by atoms with van der Waals surface area (Å²) in [6.45, 7) is 12.1. The smallest absolute Gasteiger partial charge is 0.0827 e. The molecule has 2 rings (SSSR count). The van der Waals surface area contributed by atoms with Gasteiger partial charge in [-0.2, -0.15) is 5.10 Å². The first-order valence-electron chi connectivity index (χ1n) is 5.71. The Morgan fingerprint density at radius 3 is 2.33 bits per heavy atom. The van der Waals surface area contributed by atoms with E-state index in [9.17, 15) is 0 Å². The van der Waals surface area contributed by atoms with Crippen LogP contribution in [0.25, 0.3) is 0 Å². The molecule has 1 aliphatic heterocycles. The van der Waals surface area contributed by atoms with Crippen LogP contribution in [0.4, 0.5) is 5.69 Å². The van der Waals surface area contributed by atoms with Gasteiger partial charge in [0.2, 0.25) is 0 Å². The van der Waals surface area contributed by atoms with Gasteiger partial charge in [-0.25, -0.2) is 0 Å². The second kappa shape index (κ2) is 4.23. The van der Waals surface area contributed by atoms with Gasteiger partial charge in [-0.15, -0.1) is 0 Å². The molecule has 1 fully saturated rings. The van der Waals surface area contributed by atoms with Crippen molar-refractivity contribution in [2.45, 2.75) is 20.8 Å². The molecule has 4 heteroatoms. The highest BCUT2D eigenvalue weighted by Gasteiger charge is 2.19. The zero-order valence-corrected chi connectivity index (χ0v) is 9.88. The van der Waals surface area contributed by atoms with Gasteiger partial charge in [0, 0.05) is 26.2 Å². The average molecular weight is 208 g/mol. The van der Waals surface area contributed by atoms with E-state index in [2.05, 4.69) is 40.8 Å². The normalized spacial score (nSPS) is 18.5. The van der Waals surface area contributed by atoms with Gasteiger partial charge in [0.05, 0.1) is 17.1 Å². The monoisotopic (exact) mass is 208 g/mol. The number of rotatable bonds is 2. The summed E-state index contributed by atoms with van der Waals surface area (Å²) in [4.78, 5) is 4.93. The summed E-state index contributed by atoms with van der Waals surface area (Å²) in [7, 11) is 0. The van der Waals surface area contributed by atoms with Gasteiger partial charge < -0.3 is 9.80 Å². The molecule has 4 nitrogen and oxygen atoms in total. The first kappa shape index (κ1) is 10.5. The minimum Gasteiger partial charge on any atom is -0.366 e. The van der Waals surface area contributed by atoms with Gasteiger partial charge >= 0.3 is 0 Å². The molecule has 1 saturated heterocycles. The maximum atomic E-state index is 4.25. The predicted molar refractivity (Wildman–Crippen MR) is 62.4 cm³/mol. The summed E-state index contributed by atoms with van der Waals surface area (Å²) in [5.41, 5.74) is 3.63. The van der Waals surface area contributed by atoms with Crippen molar-refractivity contribution in [3.8, 4) is 0 Å². The molecule has 0 atom stereocenters. The Kier molecular flexibility index (Phi) is 2.95. The number of nitrogens with one attached hydrogen (secondary N) is 1. The molecule has 0 aliphatic carbocycles. The van der Waals surface area contributed by atoms with Gasteiger partial charge in [-0.3, -0.25) is 5.10 Å². The number of likely N-dealkylation sites (N-methyl/N-ethyl adjacent to an activating group) is 1. The molecule has 1 aromatic rings. The Bertz CT molecular complexity index is 304. The Morgan fingerprint density at radius 2 is 1.87 bits per heavy atom. The molecule has 1 aromatic heterocycles. The highest BCUT2D eigenvalue weighted by Crippen LogP contribution is 2.22. The van der Waals surface area contributed by atoms with E-state index in [1.54, 1.807) is 0 Å². The molecule has 0 saturated carbocycles. The number of anilines is 1. The number of hydrogen-bond acceptors (Lipinski definition) is 3. The molecular weight excluding hydrogens is 188 g/mol. The predicted octanol–water partition coefficient (Wildman–Crippen LogP) is 1.17. The number of nitrogens with zero attached hydrogens (tertiary/aromatic N) is 3. The summed E-state index contributed by atoms with van der Waals surface area (Å²) in [6.07, 6.45) is 0. The maximum Gasteiger partial charge on any atom is 0.0827 e. The molecule has 0 aromatic carbocycles. The van der Waals surface area contributed by atoms with Crippen LogP contribution in [0.3, 0.4) is 0 Å². The second-order valence-electron chi connectivity index (χ2n) is 4.20. The zero-order chi connectivity index (χ0) is 10.8. The van der Waals surface area contributed by atoms with E-state index in [0.29, 0.717) is 0 Å². The van der Waals surface area contributed by atoms with Gasteiger partial charge in [0.15, 0.2) is 0 Å². The standard InChI is InChI=1S/C11H20N4/c1-4-14-5-7-15(8-6-14)11-9(2)12-13-10(11)3/h4-8H2,1-3H3,(H,12,13). The van der Waals surface area contributed by atoms with Crippen LogP contribution < -0.4 is 4.90 Å². The van der Waals surface area contributed by atoms with E-state index in [4.69, 9.17) is 0 Å². The summed E-state index contributed by atoms with van der Waals surface area (Å²) >= 11 is 0. The quantitative estimate of drug-likeness (QED) is 0.792. The van der Waals surface area contributed by atoms with Crippen molar-refractivity contribution in [1.82, 2.24) is 15.1 Å². The van der Waals surface area contributed by atoms with Crippen LogP contribution in [0.15, 0.2) is 0 Å². The van der Waals surface area contributed by atoms with Gasteiger partial charge in [-0.05, 0) is 20.4 Å². The third kappa shape index (κ3) is 2.00. The molecule has 1 aliphatic rings. The van der Waals surface area contributed by atoms with E-state index in [-0.39, 0.29) is 0 Å². The van der Waals surface area contributed by atoms with Crippen LogP contribution in [0.1, 0.15) is 18.3 Å². The average Bonchev–Trinajstić information content (AvgIpc) is 2.59. The van der Waals surface area contributed by atoms with Crippen molar-refractivity contribution in [2.24, 2.45) is 0 Å². The lowest BCUT2D eigenvalue weighted by Crippen LogP contribution is -2.46. The Balaban J connectivity index is 2.07. The molecule has 0 radical (unpaired) electrons. The number of piperazine rings is 1. The Labute approximate surface area is 91.3 Å². The van der Waals surface area contributed by atoms with Crippen molar-refractivity contribution < 1.29 is 0 Å². The van der Waals surface area contributed by atoms with Crippen molar-refractivity contribution in [3.63, 3.8) is 0 Å². The minimum absolute atomic E-state index is 1.12. The number of aromatic amines is 1. The van der Waals surface area contributed by atoms with Crippen LogP contribution in [0.5, 0.6) is 0 Å². The molecule has 0 spiro atoms. The lowest BCUT2D eigenvalue weighted by Gasteiger charge is -2.35. The Morgan fingerprint density at radius 1 is 1.20 bits per heavy atom. The molecule has 1 N–H and O–H groups in total. The van der Waals surface area contributed by atoms with Crippen molar-refractivity contribution in [1.29, 1.82) is 0 Å². The highest BCUT2D eigenvalue weighted by molar-refractivity contribution is 5.54. The molecule has 15 heavy (non-hydrogen) atoms. The third-order valence-electron chi connectivity index (χ3n) is 3.22. The van der Waals surface area contributed by atoms with Gasteiger partial charge in [0.1, 0.15) is 0 Å². The lowest BCUT2D eigenvalue weighted by atomic mass is 10.2. The lowest BCUT2D eigenvalue weighted by molar-refractivity contribution is 0.271. The number of aromatic nitrogens is 2. The summed E-state index contributed by atoms with van der Waals surface area (Å²) in [5.74, 6) is 0. The van der Waals surface area contributed by atoms with Crippen LogP contribution in [-0.2, 0) is 0 Å². The SMILES string of the molecule is CCN1CCN(c2c(C)n[nH]c2C)CC1.